The van der Waals surface area contributed by atoms with E-state index in [-0.39, 0.29) is 30.6 Å². The second-order valence-corrected chi connectivity index (χ2v) is 6.57. The number of amides is 1. The molecule has 0 bridgehead atoms. The van der Waals surface area contributed by atoms with Gasteiger partial charge in [0.2, 0.25) is 5.91 Å². The predicted molar refractivity (Wildman–Crippen MR) is 92.7 cm³/mol. The summed E-state index contributed by atoms with van der Waals surface area (Å²) in [5.74, 6) is -0.653. The Balaban J connectivity index is 1.63. The van der Waals surface area contributed by atoms with E-state index >= 15 is 0 Å². The van der Waals surface area contributed by atoms with Gasteiger partial charge in [-0.25, -0.2) is 8.78 Å². The van der Waals surface area contributed by atoms with Crippen LogP contribution in [-0.4, -0.2) is 35.3 Å². The highest BCUT2D eigenvalue weighted by Crippen LogP contribution is 2.28. The maximum Gasteiger partial charge on any atom is 0.236 e. The van der Waals surface area contributed by atoms with E-state index in [2.05, 4.69) is 0 Å². The molecule has 1 aliphatic carbocycles. The molecule has 0 radical (unpaired) electrons. The lowest BCUT2D eigenvalue weighted by Gasteiger charge is -2.25. The van der Waals surface area contributed by atoms with E-state index in [4.69, 9.17) is 0 Å². The van der Waals surface area contributed by atoms with Gasteiger partial charge in [-0.05, 0) is 25.0 Å². The van der Waals surface area contributed by atoms with Gasteiger partial charge in [-0.2, -0.15) is 0 Å². The number of likely N-dealkylation sites (N-methyl/N-ethyl adjacent to an activating group) is 1. The number of benzene rings is 2. The molecule has 25 heavy (non-hydrogen) atoms. The van der Waals surface area contributed by atoms with Crippen LogP contribution in [0.25, 0.3) is 0 Å². The highest BCUT2D eigenvalue weighted by atomic mass is 19.1. The molecule has 1 aliphatic rings. The van der Waals surface area contributed by atoms with Crippen LogP contribution in [0.2, 0.25) is 0 Å². The number of carbonyl (C=O) groups excluding carboxylic acids is 1. The quantitative estimate of drug-likeness (QED) is 0.766. The van der Waals surface area contributed by atoms with Gasteiger partial charge in [-0.15, -0.1) is 0 Å². The van der Waals surface area contributed by atoms with Gasteiger partial charge in [-0.1, -0.05) is 36.4 Å². The molecule has 0 saturated heterocycles. The Morgan fingerprint density at radius 2 is 1.48 bits per heavy atom. The largest absolute Gasteiger partial charge is 0.340 e. The van der Waals surface area contributed by atoms with E-state index < -0.39 is 0 Å². The van der Waals surface area contributed by atoms with Crippen LogP contribution in [0.3, 0.4) is 0 Å². The van der Waals surface area contributed by atoms with Gasteiger partial charge in [0.25, 0.3) is 0 Å². The Morgan fingerprint density at radius 1 is 0.960 bits per heavy atom. The third-order valence-electron chi connectivity index (χ3n) is 4.52. The zero-order valence-corrected chi connectivity index (χ0v) is 14.3. The van der Waals surface area contributed by atoms with Crippen LogP contribution < -0.4 is 0 Å². The van der Waals surface area contributed by atoms with Crippen molar-refractivity contribution in [2.75, 3.05) is 13.6 Å². The fourth-order valence-corrected chi connectivity index (χ4v) is 2.86. The zero-order chi connectivity index (χ0) is 17.8. The fourth-order valence-electron chi connectivity index (χ4n) is 2.86. The molecule has 132 valence electrons. The lowest BCUT2D eigenvalue weighted by molar-refractivity contribution is -0.132. The predicted octanol–water partition coefficient (Wildman–Crippen LogP) is 3.59. The minimum atomic E-state index is -0.312. The van der Waals surface area contributed by atoms with Gasteiger partial charge in [0.1, 0.15) is 11.6 Å². The molecule has 0 atom stereocenters. The van der Waals surface area contributed by atoms with Gasteiger partial charge in [-0.3, -0.25) is 9.69 Å². The summed E-state index contributed by atoms with van der Waals surface area (Å²) in [5.41, 5.74) is 1.09. The van der Waals surface area contributed by atoms with Crippen LogP contribution in [0.1, 0.15) is 24.0 Å². The smallest absolute Gasteiger partial charge is 0.236 e. The van der Waals surface area contributed by atoms with Gasteiger partial charge >= 0.3 is 0 Å². The van der Waals surface area contributed by atoms with Crippen molar-refractivity contribution in [2.24, 2.45) is 0 Å². The average molecular weight is 344 g/mol. The standard InChI is InChI=1S/C20H22F2N2O/c1-23(12-15-6-2-4-8-18(15)21)20(25)14-24(17-10-11-17)13-16-7-3-5-9-19(16)22/h2-9,17H,10-14H2,1H3. The first kappa shape index (κ1) is 17.5. The van der Waals surface area contributed by atoms with Gasteiger partial charge < -0.3 is 4.90 Å². The minimum Gasteiger partial charge on any atom is -0.340 e. The van der Waals surface area contributed by atoms with Crippen LogP contribution >= 0.6 is 0 Å². The first-order chi connectivity index (χ1) is 12.0. The summed E-state index contributed by atoms with van der Waals surface area (Å²) in [4.78, 5) is 16.1. The van der Waals surface area contributed by atoms with E-state index in [1.165, 1.54) is 17.0 Å². The van der Waals surface area contributed by atoms with Gasteiger partial charge in [0.15, 0.2) is 0 Å². The van der Waals surface area contributed by atoms with E-state index in [9.17, 15) is 13.6 Å². The third-order valence-corrected chi connectivity index (χ3v) is 4.52. The molecule has 0 unspecified atom stereocenters. The molecule has 1 fully saturated rings. The molecule has 0 N–H and O–H groups in total. The Hall–Kier alpha value is -2.27. The van der Waals surface area contributed by atoms with E-state index in [1.54, 1.807) is 43.4 Å². The molecular weight excluding hydrogens is 322 g/mol. The molecule has 3 rings (SSSR count). The van der Waals surface area contributed by atoms with Crippen LogP contribution in [0.15, 0.2) is 48.5 Å². The van der Waals surface area contributed by atoms with E-state index in [1.807, 2.05) is 4.90 Å². The number of hydrogen-bond donors (Lipinski definition) is 0. The highest BCUT2D eigenvalue weighted by molar-refractivity contribution is 5.78. The van der Waals surface area contributed by atoms with Crippen molar-refractivity contribution < 1.29 is 13.6 Å². The number of hydrogen-bond acceptors (Lipinski definition) is 2. The summed E-state index contributed by atoms with van der Waals surface area (Å²) >= 11 is 0. The molecule has 1 saturated carbocycles. The topological polar surface area (TPSA) is 23.6 Å². The molecule has 0 aromatic heterocycles. The average Bonchev–Trinajstić information content (AvgIpc) is 3.43. The Labute approximate surface area is 146 Å². The first-order valence-electron chi connectivity index (χ1n) is 8.49. The molecule has 5 heteroatoms. The SMILES string of the molecule is CN(Cc1ccccc1F)C(=O)CN(Cc1ccccc1F)C1CC1. The van der Waals surface area contributed by atoms with Gasteiger partial charge in [0.05, 0.1) is 6.54 Å². The molecule has 1 amide bonds. The Kier molecular flexibility index (Phi) is 5.43. The molecule has 2 aromatic carbocycles. The first-order valence-corrected chi connectivity index (χ1v) is 8.49. The number of carbonyl (C=O) groups is 1. The van der Waals surface area contributed by atoms with Crippen molar-refractivity contribution in [3.05, 3.63) is 71.3 Å². The highest BCUT2D eigenvalue weighted by Gasteiger charge is 2.31. The van der Waals surface area contributed by atoms with Crippen LogP contribution in [0.5, 0.6) is 0 Å². The van der Waals surface area contributed by atoms with Gasteiger partial charge in [0, 0.05) is 37.3 Å². The summed E-state index contributed by atoms with van der Waals surface area (Å²) in [5, 5.41) is 0. The molecule has 2 aromatic rings. The Morgan fingerprint density at radius 3 is 2.00 bits per heavy atom. The van der Waals surface area contributed by atoms with Crippen LogP contribution in [0, 0.1) is 11.6 Å². The molecule has 0 spiro atoms. The van der Waals surface area contributed by atoms with Crippen molar-refractivity contribution in [2.45, 2.75) is 32.0 Å². The molecule has 0 heterocycles. The fraction of sp³-hybridized carbons (Fsp3) is 0.350. The second-order valence-electron chi connectivity index (χ2n) is 6.57. The van der Waals surface area contributed by atoms with Crippen LogP contribution in [0.4, 0.5) is 8.78 Å². The number of nitrogens with zero attached hydrogens (tertiary/aromatic N) is 2. The van der Waals surface area contributed by atoms with Crippen molar-refractivity contribution in [1.82, 2.24) is 9.80 Å². The van der Waals surface area contributed by atoms with Crippen LogP contribution in [-0.2, 0) is 17.9 Å². The van der Waals surface area contributed by atoms with Crippen molar-refractivity contribution in [3.8, 4) is 0 Å². The molecular formula is C20H22F2N2O. The molecule has 3 nitrogen and oxygen atoms in total. The summed E-state index contributed by atoms with van der Waals surface area (Å²) in [7, 11) is 1.67. The normalized spacial score (nSPS) is 13.9. The van der Waals surface area contributed by atoms with Crippen molar-refractivity contribution >= 4 is 5.91 Å². The summed E-state index contributed by atoms with van der Waals surface area (Å²) in [6, 6.07) is 13.4. The van der Waals surface area contributed by atoms with Crippen molar-refractivity contribution in [1.29, 1.82) is 0 Å². The zero-order valence-electron chi connectivity index (χ0n) is 14.3. The maximum absolute atomic E-state index is 13.9. The maximum atomic E-state index is 13.9. The monoisotopic (exact) mass is 344 g/mol. The number of halogens is 2. The third kappa shape index (κ3) is 4.63. The lowest BCUT2D eigenvalue weighted by atomic mass is 10.2. The lowest BCUT2D eigenvalue weighted by Crippen LogP contribution is -2.39. The number of rotatable bonds is 7. The Bertz CT molecular complexity index is 746. The van der Waals surface area contributed by atoms with E-state index in [0.29, 0.717) is 23.7 Å². The molecule has 0 aliphatic heterocycles. The van der Waals surface area contributed by atoms with E-state index in [0.717, 1.165) is 12.8 Å². The minimum absolute atomic E-state index is 0.0912. The summed E-state index contributed by atoms with van der Waals surface area (Å²) in [6.45, 7) is 0.851. The second kappa shape index (κ2) is 7.74. The summed E-state index contributed by atoms with van der Waals surface area (Å²) in [6.07, 6.45) is 2.05. The van der Waals surface area contributed by atoms with Crippen molar-refractivity contribution in [3.63, 3.8) is 0 Å². The summed E-state index contributed by atoms with van der Waals surface area (Å²) < 4.78 is 27.7.